The van der Waals surface area contributed by atoms with Crippen molar-refractivity contribution in [3.05, 3.63) is 81.9 Å². The number of rotatable bonds is 7. The second-order valence-corrected chi connectivity index (χ2v) is 8.29. The van der Waals surface area contributed by atoms with Gasteiger partial charge in [-0.1, -0.05) is 12.1 Å². The molecule has 2 atom stereocenters. The predicted octanol–water partition coefficient (Wildman–Crippen LogP) is 3.93. The van der Waals surface area contributed by atoms with E-state index in [1.165, 1.54) is 19.2 Å². The van der Waals surface area contributed by atoms with E-state index >= 15 is 0 Å². The number of carbonyl (C=O) groups excluding carboxylic acids is 3. The average Bonchev–Trinajstić information content (AvgIpc) is 3.36. The molecule has 3 aromatic rings. The Balaban J connectivity index is 0.00000115. The Morgan fingerprint density at radius 2 is 1.81 bits per heavy atom. The van der Waals surface area contributed by atoms with Crippen LogP contribution >= 0.6 is 0 Å². The zero-order valence-corrected chi connectivity index (χ0v) is 21.3. The Hall–Kier alpha value is -4.42. The van der Waals surface area contributed by atoms with Crippen molar-refractivity contribution in [2.24, 2.45) is 5.73 Å². The molecule has 4 rings (SSSR count). The standard InChI is InChI=1S/C25H25FN4O3.C2H2.CH5N/c1-13-22(28-15(3)23(13)27-12-31)11-20-19-10-17(6-9-21(19)30-25(20)33)24(32)29-14(2)16-4-7-18(26)8-5-16;2*1-2/h4-10,12,14,20,28H,11H2,1-3H3,(H,27,31)(H,29,32)(H,30,33);1-2H;2H2,1H3. The fourth-order valence-electron chi connectivity index (χ4n) is 4.28. The van der Waals surface area contributed by atoms with Crippen LogP contribution < -0.4 is 21.7 Å². The van der Waals surface area contributed by atoms with Crippen molar-refractivity contribution >= 4 is 29.6 Å². The largest absolute Gasteiger partial charge is 0.360 e. The number of hydrogen-bond acceptors (Lipinski definition) is 4. The van der Waals surface area contributed by atoms with Crippen molar-refractivity contribution in [2.75, 3.05) is 17.7 Å². The van der Waals surface area contributed by atoms with Gasteiger partial charge in [0.15, 0.2) is 0 Å². The number of terminal acetylenes is 1. The van der Waals surface area contributed by atoms with Gasteiger partial charge in [0.2, 0.25) is 12.3 Å². The van der Waals surface area contributed by atoms with E-state index in [1.807, 2.05) is 20.8 Å². The first-order valence-corrected chi connectivity index (χ1v) is 11.6. The maximum atomic E-state index is 13.2. The molecule has 2 unspecified atom stereocenters. The molecule has 8 nitrogen and oxygen atoms in total. The number of aryl methyl sites for hydroxylation is 1. The molecule has 6 N–H and O–H groups in total. The number of fused-ring (bicyclic) bond motifs is 1. The van der Waals surface area contributed by atoms with Crippen LogP contribution in [0.1, 0.15) is 57.3 Å². The summed E-state index contributed by atoms with van der Waals surface area (Å²) in [6.07, 6.45) is 9.03. The van der Waals surface area contributed by atoms with Gasteiger partial charge in [-0.3, -0.25) is 14.4 Å². The number of anilines is 2. The summed E-state index contributed by atoms with van der Waals surface area (Å²) in [6, 6.07) is 10.8. The van der Waals surface area contributed by atoms with Crippen LogP contribution in [0, 0.1) is 32.5 Å². The van der Waals surface area contributed by atoms with Gasteiger partial charge in [0.25, 0.3) is 5.91 Å². The normalized spacial score (nSPS) is 14.1. The minimum atomic E-state index is -0.469. The Bertz CT molecular complexity index is 1280. The van der Waals surface area contributed by atoms with Gasteiger partial charge in [-0.05, 0) is 74.8 Å². The van der Waals surface area contributed by atoms with E-state index in [4.69, 9.17) is 0 Å². The highest BCUT2D eigenvalue weighted by Crippen LogP contribution is 2.37. The van der Waals surface area contributed by atoms with Crippen LogP contribution in [0.15, 0.2) is 42.5 Å². The highest BCUT2D eigenvalue weighted by atomic mass is 19.1. The van der Waals surface area contributed by atoms with E-state index in [-0.39, 0.29) is 23.7 Å². The molecule has 1 aromatic heterocycles. The number of carbonyl (C=O) groups is 3. The van der Waals surface area contributed by atoms with Crippen LogP contribution in [0.2, 0.25) is 0 Å². The lowest BCUT2D eigenvalue weighted by atomic mass is 9.93. The van der Waals surface area contributed by atoms with Crippen molar-refractivity contribution in [2.45, 2.75) is 39.2 Å². The summed E-state index contributed by atoms with van der Waals surface area (Å²) >= 11 is 0. The molecule has 0 fully saturated rings. The first-order valence-electron chi connectivity index (χ1n) is 11.6. The maximum absolute atomic E-state index is 13.2. The summed E-state index contributed by atoms with van der Waals surface area (Å²) in [6.45, 7) is 5.57. The van der Waals surface area contributed by atoms with E-state index in [0.717, 1.165) is 28.1 Å². The second kappa shape index (κ2) is 13.0. The zero-order valence-electron chi connectivity index (χ0n) is 21.3. The summed E-state index contributed by atoms with van der Waals surface area (Å²) in [5, 5.41) is 8.49. The molecule has 194 valence electrons. The van der Waals surface area contributed by atoms with Crippen LogP contribution in [0.25, 0.3) is 0 Å². The van der Waals surface area contributed by atoms with Crippen LogP contribution in [0.4, 0.5) is 15.8 Å². The number of halogens is 1. The zero-order chi connectivity index (χ0) is 27.7. The molecular formula is C28H32FN5O3. The topological polar surface area (TPSA) is 129 Å². The minimum Gasteiger partial charge on any atom is -0.360 e. The lowest BCUT2D eigenvalue weighted by Crippen LogP contribution is -2.26. The van der Waals surface area contributed by atoms with E-state index in [2.05, 4.69) is 39.5 Å². The molecule has 2 heterocycles. The lowest BCUT2D eigenvalue weighted by Gasteiger charge is -2.15. The van der Waals surface area contributed by atoms with E-state index < -0.39 is 5.92 Å². The molecule has 9 heteroatoms. The third-order valence-corrected chi connectivity index (χ3v) is 6.13. The van der Waals surface area contributed by atoms with Gasteiger partial charge >= 0.3 is 0 Å². The molecule has 37 heavy (non-hydrogen) atoms. The quantitative estimate of drug-likeness (QED) is 0.246. The van der Waals surface area contributed by atoms with Crippen molar-refractivity contribution in [3.8, 4) is 12.8 Å². The molecule has 0 saturated heterocycles. The molecule has 0 radical (unpaired) electrons. The molecular weight excluding hydrogens is 473 g/mol. The molecule has 0 saturated carbocycles. The summed E-state index contributed by atoms with van der Waals surface area (Å²) in [5.74, 6) is -1.22. The summed E-state index contributed by atoms with van der Waals surface area (Å²) in [5.41, 5.74) is 10.4. The monoisotopic (exact) mass is 505 g/mol. The van der Waals surface area contributed by atoms with Gasteiger partial charge in [-0.2, -0.15) is 0 Å². The Morgan fingerprint density at radius 1 is 1.16 bits per heavy atom. The first kappa shape index (κ1) is 28.8. The van der Waals surface area contributed by atoms with Crippen molar-refractivity contribution < 1.29 is 18.8 Å². The van der Waals surface area contributed by atoms with Crippen LogP contribution in [0.5, 0.6) is 0 Å². The lowest BCUT2D eigenvalue weighted by molar-refractivity contribution is -0.117. The van der Waals surface area contributed by atoms with Gasteiger partial charge in [0.05, 0.1) is 17.6 Å². The maximum Gasteiger partial charge on any atom is 0.251 e. The van der Waals surface area contributed by atoms with E-state index in [1.54, 1.807) is 30.3 Å². The highest BCUT2D eigenvalue weighted by molar-refractivity contribution is 6.04. The second-order valence-electron chi connectivity index (χ2n) is 8.29. The Labute approximate surface area is 216 Å². The molecule has 2 aromatic carbocycles. The average molecular weight is 506 g/mol. The third-order valence-electron chi connectivity index (χ3n) is 6.13. The van der Waals surface area contributed by atoms with Gasteiger partial charge in [0, 0.05) is 29.1 Å². The van der Waals surface area contributed by atoms with Gasteiger partial charge in [0.1, 0.15) is 5.82 Å². The SMILES string of the molecule is C#C.CN.Cc1[nH]c(CC2C(=O)Nc3ccc(C(=O)NC(C)c4ccc(F)cc4)cc32)c(C)c1NC=O. The molecule has 1 aliphatic rings. The number of nitrogens with one attached hydrogen (secondary N) is 4. The number of benzene rings is 2. The van der Waals surface area contributed by atoms with E-state index in [9.17, 15) is 18.8 Å². The number of aromatic amines is 1. The van der Waals surface area contributed by atoms with Gasteiger partial charge in [-0.25, -0.2) is 4.39 Å². The Kier molecular flexibility index (Phi) is 10.2. The number of H-pyrrole nitrogens is 1. The Morgan fingerprint density at radius 3 is 2.43 bits per heavy atom. The molecule has 0 aliphatic carbocycles. The highest BCUT2D eigenvalue weighted by Gasteiger charge is 2.32. The van der Waals surface area contributed by atoms with Crippen molar-refractivity contribution in [3.63, 3.8) is 0 Å². The molecule has 1 aliphatic heterocycles. The smallest absolute Gasteiger partial charge is 0.251 e. The number of nitrogens with two attached hydrogens (primary N) is 1. The molecule has 3 amide bonds. The minimum absolute atomic E-state index is 0.140. The summed E-state index contributed by atoms with van der Waals surface area (Å²) < 4.78 is 13.2. The van der Waals surface area contributed by atoms with E-state index in [0.29, 0.717) is 29.8 Å². The summed E-state index contributed by atoms with van der Waals surface area (Å²) in [7, 11) is 1.50. The predicted molar refractivity (Wildman–Crippen MR) is 144 cm³/mol. The van der Waals surface area contributed by atoms with Gasteiger partial charge < -0.3 is 26.7 Å². The molecule has 0 spiro atoms. The first-order chi connectivity index (χ1) is 17.8. The van der Waals surface area contributed by atoms with Gasteiger partial charge in [-0.15, -0.1) is 12.8 Å². The number of hydrogen-bond donors (Lipinski definition) is 5. The number of amides is 3. The molecule has 0 bridgehead atoms. The van der Waals surface area contributed by atoms with Crippen LogP contribution in [-0.2, 0) is 16.0 Å². The fourth-order valence-corrected chi connectivity index (χ4v) is 4.28. The summed E-state index contributed by atoms with van der Waals surface area (Å²) in [4.78, 5) is 39.7. The number of aromatic nitrogens is 1. The van der Waals surface area contributed by atoms with Crippen molar-refractivity contribution in [1.29, 1.82) is 0 Å². The van der Waals surface area contributed by atoms with Crippen LogP contribution in [0.3, 0.4) is 0 Å². The fraction of sp³-hybridized carbons (Fsp3) is 0.250. The van der Waals surface area contributed by atoms with Crippen molar-refractivity contribution in [1.82, 2.24) is 10.3 Å². The van der Waals surface area contributed by atoms with Crippen LogP contribution in [-0.4, -0.2) is 30.3 Å². The third kappa shape index (κ3) is 6.42.